The molecule has 0 N–H and O–H groups in total. The van der Waals surface area contributed by atoms with Crippen LogP contribution < -0.4 is 4.74 Å². The predicted octanol–water partition coefficient (Wildman–Crippen LogP) is 4.93. The first-order valence-electron chi connectivity index (χ1n) is 8.83. The minimum Gasteiger partial charge on any atom is -0.477 e. The fourth-order valence-electron chi connectivity index (χ4n) is 2.83. The Morgan fingerprint density at radius 1 is 0.800 bits per heavy atom. The third-order valence-electron chi connectivity index (χ3n) is 4.26. The highest BCUT2D eigenvalue weighted by Crippen LogP contribution is 2.20. The number of hydrogen-bond donors (Lipinski definition) is 0. The third-order valence-corrected chi connectivity index (χ3v) is 4.26. The minimum atomic E-state index is -0.208. The van der Waals surface area contributed by atoms with Crippen LogP contribution in [0.4, 0.5) is 4.39 Å². The van der Waals surface area contributed by atoms with Crippen LogP contribution >= 0.6 is 0 Å². The number of unbranched alkanes of at least 4 members (excludes halogenated alkanes) is 2. The minimum absolute atomic E-state index is 0.208. The summed E-state index contributed by atoms with van der Waals surface area (Å²) in [5.74, 6) is 0.634. The third kappa shape index (κ3) is 4.99. The van der Waals surface area contributed by atoms with Crippen molar-refractivity contribution in [3.63, 3.8) is 0 Å². The molecule has 4 heteroatoms. The van der Waals surface area contributed by atoms with Crippen molar-refractivity contribution in [2.24, 2.45) is 0 Å². The standard InChI is InChI=1S/C21H23FN2O/c22-14-5-1-2-6-17-9-11-18(12-10-17)13-15-25-21-19-7-3-4-8-20(19)23-16-24-21/h3-4,7-12,16H,1-2,5-6,13-15H2/i22-1. The van der Waals surface area contributed by atoms with E-state index >= 15 is 0 Å². The number of benzene rings is 2. The lowest BCUT2D eigenvalue weighted by Crippen LogP contribution is -2.03. The zero-order chi connectivity index (χ0) is 17.3. The number of rotatable bonds is 9. The molecule has 0 saturated heterocycles. The molecule has 0 aliphatic heterocycles. The molecule has 0 spiro atoms. The van der Waals surface area contributed by atoms with Crippen LogP contribution in [0, 0.1) is 0 Å². The summed E-state index contributed by atoms with van der Waals surface area (Å²) >= 11 is 0. The molecule has 0 saturated carbocycles. The van der Waals surface area contributed by atoms with Gasteiger partial charge in [-0.2, -0.15) is 0 Å². The summed E-state index contributed by atoms with van der Waals surface area (Å²) in [6, 6.07) is 16.5. The normalized spacial score (nSPS) is 10.9. The fourth-order valence-corrected chi connectivity index (χ4v) is 2.83. The molecule has 130 valence electrons. The first-order chi connectivity index (χ1) is 12.4. The first-order valence-corrected chi connectivity index (χ1v) is 8.83. The number of alkyl halides is 1. The van der Waals surface area contributed by atoms with Gasteiger partial charge in [0.1, 0.15) is 6.33 Å². The number of halogens is 1. The molecule has 0 radical (unpaired) electrons. The smallest absolute Gasteiger partial charge is 0.224 e. The molecule has 3 aromatic rings. The average Bonchev–Trinajstić information content (AvgIpc) is 2.67. The molecule has 0 aliphatic rings. The number of para-hydroxylation sites is 1. The van der Waals surface area contributed by atoms with Crippen molar-refractivity contribution in [2.75, 3.05) is 13.3 Å². The van der Waals surface area contributed by atoms with E-state index in [4.69, 9.17) is 4.74 Å². The van der Waals surface area contributed by atoms with Gasteiger partial charge in [-0.05, 0) is 42.5 Å². The summed E-state index contributed by atoms with van der Waals surface area (Å²) in [6.07, 6.45) is 6.07. The van der Waals surface area contributed by atoms with Crippen molar-refractivity contribution in [2.45, 2.75) is 32.1 Å². The molecular weight excluding hydrogens is 314 g/mol. The van der Waals surface area contributed by atoms with Gasteiger partial charge in [-0.1, -0.05) is 42.8 Å². The Morgan fingerprint density at radius 3 is 2.36 bits per heavy atom. The van der Waals surface area contributed by atoms with Gasteiger partial charge < -0.3 is 4.74 Å². The van der Waals surface area contributed by atoms with Crippen LogP contribution in [0.1, 0.15) is 30.4 Å². The van der Waals surface area contributed by atoms with Crippen molar-refractivity contribution in [3.8, 4) is 5.88 Å². The fraction of sp³-hybridized carbons (Fsp3) is 0.333. The Labute approximate surface area is 147 Å². The van der Waals surface area contributed by atoms with Crippen LogP contribution in [0.5, 0.6) is 5.88 Å². The Hall–Kier alpha value is -2.49. The quantitative estimate of drug-likeness (QED) is 0.519. The van der Waals surface area contributed by atoms with E-state index in [1.165, 1.54) is 17.5 Å². The molecule has 2 aromatic carbocycles. The summed E-state index contributed by atoms with van der Waals surface area (Å²) < 4.78 is 17.9. The monoisotopic (exact) mass is 337 g/mol. The van der Waals surface area contributed by atoms with Gasteiger partial charge in [-0.3, -0.25) is 4.39 Å². The average molecular weight is 337 g/mol. The van der Waals surface area contributed by atoms with Crippen molar-refractivity contribution < 1.29 is 9.13 Å². The number of aryl methyl sites for hydroxylation is 1. The van der Waals surface area contributed by atoms with Gasteiger partial charge in [0.15, 0.2) is 0 Å². The van der Waals surface area contributed by atoms with E-state index in [0.717, 1.165) is 36.6 Å². The second kappa shape index (κ2) is 9.11. The van der Waals surface area contributed by atoms with E-state index in [-0.39, 0.29) is 6.67 Å². The second-order valence-electron chi connectivity index (χ2n) is 6.11. The molecule has 0 bridgehead atoms. The SMILES string of the molecule is [18F]CCCCCc1ccc(CCOc2ncnc3ccccc23)cc1. The largest absolute Gasteiger partial charge is 0.477 e. The molecule has 1 heterocycles. The van der Waals surface area contributed by atoms with Crippen molar-refractivity contribution in [1.29, 1.82) is 0 Å². The van der Waals surface area contributed by atoms with Crippen LogP contribution in [0.15, 0.2) is 54.9 Å². The van der Waals surface area contributed by atoms with Gasteiger partial charge in [0.05, 0.1) is 24.2 Å². The van der Waals surface area contributed by atoms with Crippen molar-refractivity contribution in [3.05, 3.63) is 66.0 Å². The van der Waals surface area contributed by atoms with E-state index in [2.05, 4.69) is 34.2 Å². The van der Waals surface area contributed by atoms with Gasteiger partial charge >= 0.3 is 0 Å². The number of nitrogens with zero attached hydrogens (tertiary/aromatic N) is 2. The van der Waals surface area contributed by atoms with Crippen LogP contribution in [0.2, 0.25) is 0 Å². The Morgan fingerprint density at radius 2 is 1.56 bits per heavy atom. The maximum Gasteiger partial charge on any atom is 0.224 e. The highest BCUT2D eigenvalue weighted by molar-refractivity contribution is 5.82. The van der Waals surface area contributed by atoms with Gasteiger partial charge in [0.25, 0.3) is 0 Å². The summed E-state index contributed by atoms with van der Waals surface area (Å²) in [7, 11) is 0. The molecular formula is C21H23FN2O. The van der Waals surface area contributed by atoms with Gasteiger partial charge in [0.2, 0.25) is 5.88 Å². The molecule has 0 amide bonds. The van der Waals surface area contributed by atoms with E-state index in [1.807, 2.05) is 24.3 Å². The van der Waals surface area contributed by atoms with Gasteiger partial charge in [-0.25, -0.2) is 9.97 Å². The predicted molar refractivity (Wildman–Crippen MR) is 98.7 cm³/mol. The number of aromatic nitrogens is 2. The lowest BCUT2D eigenvalue weighted by molar-refractivity contribution is 0.313. The Balaban J connectivity index is 1.50. The molecule has 0 fully saturated rings. The zero-order valence-electron chi connectivity index (χ0n) is 14.3. The molecule has 0 atom stereocenters. The highest BCUT2D eigenvalue weighted by Gasteiger charge is 2.04. The van der Waals surface area contributed by atoms with E-state index < -0.39 is 0 Å². The van der Waals surface area contributed by atoms with E-state index in [0.29, 0.717) is 18.9 Å². The van der Waals surface area contributed by atoms with E-state index in [9.17, 15) is 4.39 Å². The van der Waals surface area contributed by atoms with Gasteiger partial charge in [0, 0.05) is 6.42 Å². The Bertz CT molecular complexity index is 784. The summed E-state index contributed by atoms with van der Waals surface area (Å²) in [5, 5.41) is 0.939. The van der Waals surface area contributed by atoms with Gasteiger partial charge in [-0.15, -0.1) is 0 Å². The molecule has 0 aliphatic carbocycles. The van der Waals surface area contributed by atoms with E-state index in [1.54, 1.807) is 0 Å². The summed E-state index contributed by atoms with van der Waals surface area (Å²) in [5.41, 5.74) is 3.45. The van der Waals surface area contributed by atoms with Crippen LogP contribution in [-0.2, 0) is 12.8 Å². The molecule has 3 nitrogen and oxygen atoms in total. The summed E-state index contributed by atoms with van der Waals surface area (Å²) in [6.45, 7) is 0.372. The van der Waals surface area contributed by atoms with Crippen LogP contribution in [0.3, 0.4) is 0 Å². The highest BCUT2D eigenvalue weighted by atomic mass is 18.2. The van der Waals surface area contributed by atoms with Crippen LogP contribution in [0.25, 0.3) is 10.9 Å². The number of fused-ring (bicyclic) bond motifs is 1. The zero-order valence-corrected chi connectivity index (χ0v) is 14.3. The number of hydrogen-bond acceptors (Lipinski definition) is 3. The van der Waals surface area contributed by atoms with Crippen molar-refractivity contribution >= 4 is 10.9 Å². The molecule has 3 rings (SSSR count). The van der Waals surface area contributed by atoms with Crippen molar-refractivity contribution in [1.82, 2.24) is 9.97 Å². The second-order valence-corrected chi connectivity index (χ2v) is 6.11. The maximum absolute atomic E-state index is 12.1. The topological polar surface area (TPSA) is 35.0 Å². The molecule has 25 heavy (non-hydrogen) atoms. The number of ether oxygens (including phenoxy) is 1. The first kappa shape index (κ1) is 17.3. The molecule has 1 aromatic heterocycles. The summed E-state index contributed by atoms with van der Waals surface area (Å²) in [4.78, 5) is 8.48. The lowest BCUT2D eigenvalue weighted by atomic mass is 10.0. The maximum atomic E-state index is 12.1. The van der Waals surface area contributed by atoms with Crippen LogP contribution in [-0.4, -0.2) is 23.2 Å². The molecule has 0 unspecified atom stereocenters. The lowest BCUT2D eigenvalue weighted by Gasteiger charge is -2.08. The Kier molecular flexibility index (Phi) is 6.32.